The van der Waals surface area contributed by atoms with Gasteiger partial charge in [-0.3, -0.25) is 0 Å². The van der Waals surface area contributed by atoms with Gasteiger partial charge >= 0.3 is 12.0 Å². The van der Waals surface area contributed by atoms with E-state index in [2.05, 4.69) is 16.7 Å². The maximum atomic E-state index is 12.3. The Morgan fingerprint density at radius 3 is 2.83 bits per heavy atom. The van der Waals surface area contributed by atoms with Gasteiger partial charge in [0.1, 0.15) is 0 Å². The van der Waals surface area contributed by atoms with Crippen LogP contribution in [-0.4, -0.2) is 18.6 Å². The Hall–Kier alpha value is -2.12. The summed E-state index contributed by atoms with van der Waals surface area (Å²) < 4.78 is 5.14. The van der Waals surface area contributed by atoms with Crippen LogP contribution in [0.3, 0.4) is 0 Å². The molecule has 7 heteroatoms. The molecule has 0 saturated carbocycles. The molecule has 0 bridgehead atoms. The highest BCUT2D eigenvalue weighted by atomic mass is 32.1. The van der Waals surface area contributed by atoms with E-state index < -0.39 is 12.0 Å². The van der Waals surface area contributed by atoms with E-state index in [4.69, 9.17) is 4.74 Å². The van der Waals surface area contributed by atoms with Crippen molar-refractivity contribution in [3.8, 4) is 9.75 Å². The number of urea groups is 1. The number of carbonyl (C=O) groups is 2. The molecule has 1 aliphatic heterocycles. The number of rotatable bonds is 4. The quantitative estimate of drug-likeness (QED) is 0.829. The zero-order chi connectivity index (χ0) is 16.4. The molecule has 0 fully saturated rings. The fourth-order valence-electron chi connectivity index (χ4n) is 2.45. The molecule has 1 atom stereocenters. The summed E-state index contributed by atoms with van der Waals surface area (Å²) in [4.78, 5) is 27.3. The molecule has 0 aromatic carbocycles. The van der Waals surface area contributed by atoms with Crippen LogP contribution in [-0.2, 0) is 9.53 Å². The van der Waals surface area contributed by atoms with Crippen LogP contribution in [0.4, 0.5) is 4.79 Å². The van der Waals surface area contributed by atoms with Crippen molar-refractivity contribution in [1.29, 1.82) is 0 Å². The van der Waals surface area contributed by atoms with Crippen molar-refractivity contribution in [1.82, 2.24) is 10.6 Å². The van der Waals surface area contributed by atoms with Gasteiger partial charge in [-0.15, -0.1) is 22.7 Å². The lowest BCUT2D eigenvalue weighted by molar-refractivity contribution is -0.139. The molecular weight excluding hydrogens is 332 g/mol. The highest BCUT2D eigenvalue weighted by molar-refractivity contribution is 7.21. The van der Waals surface area contributed by atoms with Crippen LogP contribution < -0.4 is 10.6 Å². The van der Waals surface area contributed by atoms with Gasteiger partial charge in [-0.1, -0.05) is 6.07 Å². The summed E-state index contributed by atoms with van der Waals surface area (Å²) in [5, 5.41) is 7.48. The third-order valence-electron chi connectivity index (χ3n) is 3.44. The van der Waals surface area contributed by atoms with Gasteiger partial charge in [0, 0.05) is 20.3 Å². The number of thiophene rings is 2. The van der Waals surface area contributed by atoms with Crippen LogP contribution in [0, 0.1) is 0 Å². The van der Waals surface area contributed by atoms with Gasteiger partial charge in [-0.2, -0.15) is 0 Å². The molecule has 2 amide bonds. The summed E-state index contributed by atoms with van der Waals surface area (Å²) >= 11 is 3.23. The second-order valence-corrected chi connectivity index (χ2v) is 7.03. The Labute approximate surface area is 142 Å². The van der Waals surface area contributed by atoms with Gasteiger partial charge in [0.15, 0.2) is 0 Å². The molecule has 0 spiro atoms. The Balaban J connectivity index is 1.97. The largest absolute Gasteiger partial charge is 0.463 e. The lowest BCUT2D eigenvalue weighted by atomic mass is 10.0. The highest BCUT2D eigenvalue weighted by Crippen LogP contribution is 2.37. The van der Waals surface area contributed by atoms with E-state index in [9.17, 15) is 9.59 Å². The molecule has 0 saturated heterocycles. The van der Waals surface area contributed by atoms with Crippen LogP contribution in [0.25, 0.3) is 9.75 Å². The molecule has 3 rings (SSSR count). The number of amides is 2. The van der Waals surface area contributed by atoms with E-state index in [0.717, 1.165) is 9.75 Å². The number of allylic oxidation sites excluding steroid dienone is 1. The van der Waals surface area contributed by atoms with Crippen molar-refractivity contribution in [2.45, 2.75) is 19.9 Å². The minimum absolute atomic E-state index is 0.293. The molecular formula is C16H16N2O3S2. The standard InChI is InChI=1S/C16H16N2O3S2/c1-3-21-15(19)13-9(2)17-16(20)18-14(13)12-7-6-11(23-12)10-5-4-8-22-10/h4-8,14H,3H2,1-2H3,(H2,17,18,20)/t14-/m1/s1. The van der Waals surface area contributed by atoms with Gasteiger partial charge in [0.25, 0.3) is 0 Å². The molecule has 2 aromatic heterocycles. The summed E-state index contributed by atoms with van der Waals surface area (Å²) in [6, 6.07) is 7.21. The zero-order valence-electron chi connectivity index (χ0n) is 12.7. The van der Waals surface area contributed by atoms with Crippen LogP contribution in [0.1, 0.15) is 24.8 Å². The Kier molecular flexibility index (Phi) is 4.49. The SMILES string of the molecule is CCOC(=O)C1=C(C)NC(=O)N[C@@H]1c1ccc(-c2cccs2)s1. The van der Waals surface area contributed by atoms with E-state index in [1.807, 2.05) is 23.6 Å². The van der Waals surface area contributed by atoms with Crippen molar-refractivity contribution >= 4 is 34.7 Å². The van der Waals surface area contributed by atoms with Crippen LogP contribution in [0.15, 0.2) is 40.9 Å². The number of nitrogens with one attached hydrogen (secondary N) is 2. The average Bonchev–Trinajstić information content (AvgIpc) is 3.18. The first-order valence-electron chi connectivity index (χ1n) is 7.19. The summed E-state index contributed by atoms with van der Waals surface area (Å²) in [5.41, 5.74) is 0.981. The Bertz CT molecular complexity index is 762. The topological polar surface area (TPSA) is 67.4 Å². The fourth-order valence-corrected chi connectivity index (χ4v) is 4.35. The summed E-state index contributed by atoms with van der Waals surface area (Å²) in [5.74, 6) is -0.409. The maximum absolute atomic E-state index is 12.3. The number of hydrogen-bond acceptors (Lipinski definition) is 5. The van der Waals surface area contributed by atoms with E-state index >= 15 is 0 Å². The van der Waals surface area contributed by atoms with Crippen LogP contribution >= 0.6 is 22.7 Å². The maximum Gasteiger partial charge on any atom is 0.338 e. The predicted octanol–water partition coefficient (Wildman–Crippen LogP) is 3.67. The van der Waals surface area contributed by atoms with E-state index in [1.54, 1.807) is 36.5 Å². The van der Waals surface area contributed by atoms with Crippen molar-refractivity contribution in [2.75, 3.05) is 6.61 Å². The first-order chi connectivity index (χ1) is 11.1. The number of carbonyl (C=O) groups excluding carboxylic acids is 2. The van der Waals surface area contributed by atoms with Crippen molar-refractivity contribution < 1.29 is 14.3 Å². The number of hydrogen-bond donors (Lipinski definition) is 2. The summed E-state index contributed by atoms with van der Waals surface area (Å²) in [6.07, 6.45) is 0. The first-order valence-corrected chi connectivity index (χ1v) is 8.88. The molecule has 23 heavy (non-hydrogen) atoms. The van der Waals surface area contributed by atoms with E-state index in [0.29, 0.717) is 17.9 Å². The van der Waals surface area contributed by atoms with Crippen LogP contribution in [0.5, 0.6) is 0 Å². The van der Waals surface area contributed by atoms with Gasteiger partial charge in [0.05, 0.1) is 18.2 Å². The second kappa shape index (κ2) is 6.55. The Morgan fingerprint density at radius 2 is 2.13 bits per heavy atom. The van der Waals surface area contributed by atoms with Crippen LogP contribution in [0.2, 0.25) is 0 Å². The normalized spacial score (nSPS) is 17.7. The molecule has 0 aliphatic carbocycles. The van der Waals surface area contributed by atoms with Gasteiger partial charge in [0.2, 0.25) is 0 Å². The predicted molar refractivity (Wildman–Crippen MR) is 91.4 cm³/mol. The van der Waals surface area contributed by atoms with Crippen molar-refractivity contribution in [2.24, 2.45) is 0 Å². The Morgan fingerprint density at radius 1 is 1.30 bits per heavy atom. The third kappa shape index (κ3) is 3.16. The van der Waals surface area contributed by atoms with Crippen molar-refractivity contribution in [3.63, 3.8) is 0 Å². The molecule has 2 aromatic rings. The molecule has 2 N–H and O–H groups in total. The molecule has 120 valence electrons. The summed E-state index contributed by atoms with van der Waals surface area (Å²) in [6.45, 7) is 3.77. The first kappa shape index (κ1) is 15.8. The molecule has 0 radical (unpaired) electrons. The smallest absolute Gasteiger partial charge is 0.338 e. The fraction of sp³-hybridized carbons (Fsp3) is 0.250. The third-order valence-corrected chi connectivity index (χ3v) is 5.66. The minimum Gasteiger partial charge on any atom is -0.463 e. The monoisotopic (exact) mass is 348 g/mol. The molecule has 1 aliphatic rings. The van der Waals surface area contributed by atoms with Gasteiger partial charge in [-0.25, -0.2) is 9.59 Å². The lowest BCUT2D eigenvalue weighted by Crippen LogP contribution is -2.45. The van der Waals surface area contributed by atoms with Gasteiger partial charge < -0.3 is 15.4 Å². The molecule has 3 heterocycles. The number of esters is 1. The lowest BCUT2D eigenvalue weighted by Gasteiger charge is -2.27. The average molecular weight is 348 g/mol. The highest BCUT2D eigenvalue weighted by Gasteiger charge is 2.33. The van der Waals surface area contributed by atoms with E-state index in [1.165, 1.54) is 4.88 Å². The summed E-state index contributed by atoms with van der Waals surface area (Å²) in [7, 11) is 0. The van der Waals surface area contributed by atoms with Gasteiger partial charge in [-0.05, 0) is 37.4 Å². The second-order valence-electron chi connectivity index (χ2n) is 4.97. The molecule has 5 nitrogen and oxygen atoms in total. The minimum atomic E-state index is -0.485. The van der Waals surface area contributed by atoms with Crippen molar-refractivity contribution in [3.05, 3.63) is 45.8 Å². The molecule has 0 unspecified atom stereocenters. The zero-order valence-corrected chi connectivity index (χ0v) is 14.3. The number of ether oxygens (including phenoxy) is 1. The van der Waals surface area contributed by atoms with E-state index in [-0.39, 0.29) is 6.03 Å².